The molecule has 2 aromatic carbocycles. The van der Waals surface area contributed by atoms with E-state index < -0.39 is 32.2 Å². The third-order valence-corrected chi connectivity index (χ3v) is 13.3. The summed E-state index contributed by atoms with van der Waals surface area (Å²) in [5, 5.41) is 9.52. The highest BCUT2D eigenvalue weighted by Gasteiger charge is 2.47. The molecule has 3 rings (SSSR count). The van der Waals surface area contributed by atoms with E-state index in [1.54, 1.807) is 0 Å². The number of hydrogen-bond donors (Lipinski definition) is 1. The van der Waals surface area contributed by atoms with Crippen LogP contribution in [0.1, 0.15) is 59.1 Å². The minimum absolute atomic E-state index is 0.0537. The van der Waals surface area contributed by atoms with E-state index in [2.05, 4.69) is 46.5 Å². The number of hydrogen-bond acceptors (Lipinski definition) is 6. The highest BCUT2D eigenvalue weighted by atomic mass is 28.4. The maximum atomic E-state index is 12.5. The highest BCUT2D eigenvalue weighted by molar-refractivity contribution is 6.78. The van der Waals surface area contributed by atoms with Crippen LogP contribution >= 0.6 is 0 Å². The Morgan fingerprint density at radius 1 is 0.947 bits per heavy atom. The Bertz CT molecular complexity index is 1080. The van der Waals surface area contributed by atoms with Crippen molar-refractivity contribution in [2.75, 3.05) is 6.61 Å². The molecule has 0 spiro atoms. The molecule has 0 bridgehead atoms. The summed E-state index contributed by atoms with van der Waals surface area (Å²) in [4.78, 5) is 28.6. The van der Waals surface area contributed by atoms with Gasteiger partial charge in [-0.2, -0.15) is 0 Å². The van der Waals surface area contributed by atoms with Crippen LogP contribution in [0.15, 0.2) is 59.6 Å². The molecule has 0 radical (unpaired) electrons. The van der Waals surface area contributed by atoms with Crippen molar-refractivity contribution in [1.82, 2.24) is 0 Å². The summed E-state index contributed by atoms with van der Waals surface area (Å²) >= 11 is 0. The molecule has 0 aliphatic carbocycles. The average Bonchev–Trinajstić information content (AvgIpc) is 3.36. The van der Waals surface area contributed by atoms with E-state index in [1.807, 2.05) is 54.6 Å². The third kappa shape index (κ3) is 7.25. The molecular formula is C30H41NO6Si. The standard InChI is InChI=1S/C30H41NO6Si/c1-20(2)38(21(3)4,22(5)6)37-26-14-12-23(13-15-26)16-25(17-28(32)33)29-31-27(19-35-29)30(34)36-18-24-10-8-7-9-11-24/h7-15,20-22,25,27H,16-19H2,1-6H3,(H,32,33). The zero-order valence-corrected chi connectivity index (χ0v) is 24.3. The summed E-state index contributed by atoms with van der Waals surface area (Å²) in [5.41, 5.74) is 3.23. The van der Waals surface area contributed by atoms with Gasteiger partial charge in [0.25, 0.3) is 8.32 Å². The van der Waals surface area contributed by atoms with Gasteiger partial charge in [-0.1, -0.05) is 84.0 Å². The fraction of sp³-hybridized carbons (Fsp3) is 0.500. The van der Waals surface area contributed by atoms with Crippen LogP contribution < -0.4 is 4.43 Å². The molecule has 0 amide bonds. The average molecular weight is 540 g/mol. The Balaban J connectivity index is 1.69. The molecule has 0 fully saturated rings. The molecule has 2 atom stereocenters. The fourth-order valence-corrected chi connectivity index (χ4v) is 10.8. The second-order valence-corrected chi connectivity index (χ2v) is 16.3. The normalized spacial score (nSPS) is 16.3. The van der Waals surface area contributed by atoms with Gasteiger partial charge in [0.15, 0.2) is 11.9 Å². The number of aliphatic imine (C=N–C) groups is 1. The number of esters is 1. The lowest BCUT2D eigenvalue weighted by Crippen LogP contribution is -2.50. The molecule has 2 aromatic rings. The van der Waals surface area contributed by atoms with Gasteiger partial charge in [0.05, 0.1) is 6.42 Å². The van der Waals surface area contributed by atoms with Gasteiger partial charge in [0.2, 0.25) is 0 Å². The van der Waals surface area contributed by atoms with Crippen molar-refractivity contribution in [3.63, 3.8) is 0 Å². The van der Waals surface area contributed by atoms with Crippen LogP contribution in [0, 0.1) is 5.92 Å². The first-order valence-corrected chi connectivity index (χ1v) is 15.6. The van der Waals surface area contributed by atoms with E-state index in [4.69, 9.17) is 13.9 Å². The van der Waals surface area contributed by atoms with Crippen molar-refractivity contribution in [3.8, 4) is 5.75 Å². The van der Waals surface area contributed by atoms with Crippen LogP contribution in [0.5, 0.6) is 5.75 Å². The number of carbonyl (C=O) groups excluding carboxylic acids is 1. The van der Waals surface area contributed by atoms with Crippen LogP contribution in [0.4, 0.5) is 0 Å². The van der Waals surface area contributed by atoms with Gasteiger partial charge in [0.1, 0.15) is 19.0 Å². The van der Waals surface area contributed by atoms with E-state index in [9.17, 15) is 14.7 Å². The topological polar surface area (TPSA) is 94.4 Å². The molecule has 1 aliphatic heterocycles. The van der Waals surface area contributed by atoms with Crippen molar-refractivity contribution < 1.29 is 28.6 Å². The molecule has 1 N–H and O–H groups in total. The first kappa shape index (κ1) is 29.4. The molecule has 206 valence electrons. The van der Waals surface area contributed by atoms with Gasteiger partial charge in [-0.15, -0.1) is 0 Å². The first-order valence-electron chi connectivity index (χ1n) is 13.4. The summed E-state index contributed by atoms with van der Waals surface area (Å²) in [7, 11) is -2.07. The van der Waals surface area contributed by atoms with Gasteiger partial charge in [0, 0.05) is 5.92 Å². The van der Waals surface area contributed by atoms with E-state index in [0.29, 0.717) is 28.9 Å². The first-order chi connectivity index (χ1) is 18.0. The lowest BCUT2D eigenvalue weighted by atomic mass is 9.96. The summed E-state index contributed by atoms with van der Waals surface area (Å²) in [6, 6.07) is 16.5. The van der Waals surface area contributed by atoms with E-state index in [-0.39, 0.29) is 19.6 Å². The van der Waals surface area contributed by atoms with E-state index >= 15 is 0 Å². The maximum Gasteiger partial charge on any atom is 0.334 e. The molecule has 0 saturated carbocycles. The van der Waals surface area contributed by atoms with Crippen LogP contribution in [-0.2, 0) is 32.1 Å². The maximum absolute atomic E-state index is 12.5. The Morgan fingerprint density at radius 3 is 2.11 bits per heavy atom. The quantitative estimate of drug-likeness (QED) is 0.233. The Kier molecular flexibility index (Phi) is 10.1. The second kappa shape index (κ2) is 13.1. The van der Waals surface area contributed by atoms with Crippen LogP contribution in [0.3, 0.4) is 0 Å². The Labute approximate surface area is 227 Å². The largest absolute Gasteiger partial charge is 0.543 e. The minimum atomic E-state index is -2.07. The molecule has 7 nitrogen and oxygen atoms in total. The monoisotopic (exact) mass is 539 g/mol. The number of nitrogens with zero attached hydrogens (tertiary/aromatic N) is 1. The van der Waals surface area contributed by atoms with Crippen LogP contribution in [-0.4, -0.2) is 43.9 Å². The molecule has 0 aromatic heterocycles. The predicted molar refractivity (Wildman–Crippen MR) is 151 cm³/mol. The Morgan fingerprint density at radius 2 is 1.55 bits per heavy atom. The number of aliphatic carboxylic acids is 1. The SMILES string of the molecule is CC(C)[Si](Oc1ccc(CC(CC(=O)O)C2=NC(C(=O)OCc3ccccc3)CO2)cc1)(C(C)C)C(C)C. The minimum Gasteiger partial charge on any atom is -0.543 e. The molecule has 8 heteroatoms. The third-order valence-electron chi connectivity index (χ3n) is 7.35. The summed E-state index contributed by atoms with van der Waals surface area (Å²) in [6.45, 7) is 13.7. The van der Waals surface area contributed by atoms with E-state index in [0.717, 1.165) is 16.9 Å². The van der Waals surface area contributed by atoms with Crippen molar-refractivity contribution >= 4 is 26.2 Å². The van der Waals surface area contributed by atoms with Gasteiger partial charge in [-0.3, -0.25) is 4.79 Å². The van der Waals surface area contributed by atoms with Gasteiger partial charge in [-0.25, -0.2) is 9.79 Å². The fourth-order valence-electron chi connectivity index (χ4n) is 5.55. The molecule has 1 aliphatic rings. The Hall–Kier alpha value is -3.13. The molecule has 2 unspecified atom stereocenters. The second-order valence-electron chi connectivity index (χ2n) is 11.0. The lowest BCUT2D eigenvalue weighted by molar-refractivity contribution is -0.146. The number of carboxylic acid groups (broad SMARTS) is 1. The number of carbonyl (C=O) groups is 2. The molecule has 0 saturated heterocycles. The van der Waals surface area contributed by atoms with Crippen LogP contribution in [0.2, 0.25) is 16.6 Å². The summed E-state index contributed by atoms with van der Waals surface area (Å²) in [6.07, 6.45) is 0.283. The number of carboxylic acids is 1. The number of benzene rings is 2. The molecule has 38 heavy (non-hydrogen) atoms. The van der Waals surface area contributed by atoms with Gasteiger partial charge < -0.3 is 19.0 Å². The van der Waals surface area contributed by atoms with Gasteiger partial charge in [-0.05, 0) is 46.3 Å². The highest BCUT2D eigenvalue weighted by Crippen LogP contribution is 2.42. The van der Waals surface area contributed by atoms with E-state index in [1.165, 1.54) is 0 Å². The predicted octanol–water partition coefficient (Wildman–Crippen LogP) is 6.42. The summed E-state index contributed by atoms with van der Waals surface area (Å²) < 4.78 is 17.8. The smallest absolute Gasteiger partial charge is 0.334 e. The lowest BCUT2D eigenvalue weighted by Gasteiger charge is -2.42. The van der Waals surface area contributed by atoms with Gasteiger partial charge >= 0.3 is 11.9 Å². The number of rotatable bonds is 13. The summed E-state index contributed by atoms with van der Waals surface area (Å²) in [5.74, 6) is -0.769. The van der Waals surface area contributed by atoms with Crippen molar-refractivity contribution in [3.05, 3.63) is 65.7 Å². The van der Waals surface area contributed by atoms with Crippen molar-refractivity contribution in [1.29, 1.82) is 0 Å². The molecule has 1 heterocycles. The zero-order valence-electron chi connectivity index (χ0n) is 23.3. The zero-order chi connectivity index (χ0) is 27.9. The number of ether oxygens (including phenoxy) is 2. The van der Waals surface area contributed by atoms with Crippen LogP contribution in [0.25, 0.3) is 0 Å². The van der Waals surface area contributed by atoms with Crippen molar-refractivity contribution in [2.45, 2.75) is 83.7 Å². The van der Waals surface area contributed by atoms with Crippen molar-refractivity contribution in [2.24, 2.45) is 10.9 Å². The molecular weight excluding hydrogens is 498 g/mol.